The Labute approximate surface area is 80.7 Å². The third kappa shape index (κ3) is 1.95. The van der Waals surface area contributed by atoms with E-state index >= 15 is 0 Å². The van der Waals surface area contributed by atoms with Gasteiger partial charge in [0.05, 0.1) is 0 Å². The molecule has 0 saturated heterocycles. The van der Waals surface area contributed by atoms with Crippen LogP contribution < -0.4 is 15.2 Å². The summed E-state index contributed by atoms with van der Waals surface area (Å²) in [5.41, 5.74) is 5.73. The third-order valence-corrected chi connectivity index (χ3v) is 1.90. The van der Waals surface area contributed by atoms with E-state index in [-0.39, 0.29) is 13.2 Å². The smallest absolute Gasteiger partial charge is 0.231 e. The van der Waals surface area contributed by atoms with E-state index in [4.69, 9.17) is 25.4 Å². The minimum absolute atomic E-state index is 0.0519. The van der Waals surface area contributed by atoms with Crippen molar-refractivity contribution in [3.63, 3.8) is 0 Å². The SMILES string of the molecule is NC(O)(O)Cc1ccc2c(c1)OCO2. The Kier molecular flexibility index (Phi) is 2.07. The lowest BCUT2D eigenvalue weighted by atomic mass is 10.1. The van der Waals surface area contributed by atoms with Crippen molar-refractivity contribution in [2.75, 3.05) is 6.79 Å². The quantitative estimate of drug-likeness (QED) is 0.559. The van der Waals surface area contributed by atoms with Gasteiger partial charge in [-0.25, -0.2) is 0 Å². The molecule has 0 aliphatic carbocycles. The van der Waals surface area contributed by atoms with Crippen LogP contribution in [-0.4, -0.2) is 22.9 Å². The predicted molar refractivity (Wildman–Crippen MR) is 47.6 cm³/mol. The summed E-state index contributed by atoms with van der Waals surface area (Å²) in [4.78, 5) is 0. The van der Waals surface area contributed by atoms with Gasteiger partial charge in [-0.15, -0.1) is 0 Å². The number of rotatable bonds is 2. The van der Waals surface area contributed by atoms with Gasteiger partial charge in [0, 0.05) is 6.42 Å². The molecule has 4 N–H and O–H groups in total. The highest BCUT2D eigenvalue weighted by atomic mass is 16.7. The number of aliphatic hydroxyl groups is 2. The maximum absolute atomic E-state index is 8.98. The van der Waals surface area contributed by atoms with Gasteiger partial charge in [0.15, 0.2) is 11.5 Å². The molecule has 0 spiro atoms. The second kappa shape index (κ2) is 3.13. The molecule has 0 unspecified atom stereocenters. The van der Waals surface area contributed by atoms with E-state index in [9.17, 15) is 0 Å². The number of hydrogen-bond acceptors (Lipinski definition) is 5. The molecular formula is C9H11NO4. The van der Waals surface area contributed by atoms with E-state index < -0.39 is 5.91 Å². The van der Waals surface area contributed by atoms with Crippen LogP contribution in [0.3, 0.4) is 0 Å². The van der Waals surface area contributed by atoms with Crippen molar-refractivity contribution in [2.24, 2.45) is 5.73 Å². The summed E-state index contributed by atoms with van der Waals surface area (Å²) in [5.74, 6) is -0.924. The zero-order valence-electron chi connectivity index (χ0n) is 7.43. The van der Waals surface area contributed by atoms with Crippen molar-refractivity contribution in [2.45, 2.75) is 12.3 Å². The molecule has 1 heterocycles. The molecular weight excluding hydrogens is 186 g/mol. The summed E-state index contributed by atoms with van der Waals surface area (Å²) < 4.78 is 10.2. The molecule has 1 aliphatic heterocycles. The van der Waals surface area contributed by atoms with Gasteiger partial charge < -0.3 is 19.7 Å². The standard InChI is InChI=1S/C9H11NO4/c10-9(11,12)4-6-1-2-7-8(3-6)14-5-13-7/h1-3,11-12H,4-5,10H2. The van der Waals surface area contributed by atoms with E-state index in [1.54, 1.807) is 18.2 Å². The van der Waals surface area contributed by atoms with Crippen LogP contribution in [0.15, 0.2) is 18.2 Å². The van der Waals surface area contributed by atoms with Crippen LogP contribution in [0.4, 0.5) is 0 Å². The molecule has 1 aromatic carbocycles. The molecule has 1 aromatic rings. The Morgan fingerprint density at radius 3 is 2.71 bits per heavy atom. The van der Waals surface area contributed by atoms with Crippen LogP contribution in [0.1, 0.15) is 5.56 Å². The van der Waals surface area contributed by atoms with Crippen LogP contribution >= 0.6 is 0 Å². The number of fused-ring (bicyclic) bond motifs is 1. The van der Waals surface area contributed by atoms with E-state index in [1.165, 1.54) is 0 Å². The molecule has 0 atom stereocenters. The molecule has 76 valence electrons. The van der Waals surface area contributed by atoms with Gasteiger partial charge in [-0.2, -0.15) is 0 Å². The summed E-state index contributed by atoms with van der Waals surface area (Å²) in [6, 6.07) is 5.10. The van der Waals surface area contributed by atoms with Crippen molar-refractivity contribution < 1.29 is 19.7 Å². The van der Waals surface area contributed by atoms with Crippen molar-refractivity contribution in [1.29, 1.82) is 0 Å². The topological polar surface area (TPSA) is 84.9 Å². The lowest BCUT2D eigenvalue weighted by Crippen LogP contribution is -2.41. The minimum Gasteiger partial charge on any atom is -0.454 e. The van der Waals surface area contributed by atoms with Crippen LogP contribution in [-0.2, 0) is 6.42 Å². The van der Waals surface area contributed by atoms with Crippen molar-refractivity contribution in [1.82, 2.24) is 0 Å². The Morgan fingerprint density at radius 2 is 2.00 bits per heavy atom. The summed E-state index contributed by atoms with van der Waals surface area (Å²) in [6.45, 7) is 0.199. The first kappa shape index (κ1) is 9.26. The fourth-order valence-electron chi connectivity index (χ4n) is 1.35. The van der Waals surface area contributed by atoms with Crippen LogP contribution in [0.5, 0.6) is 11.5 Å². The fourth-order valence-corrected chi connectivity index (χ4v) is 1.35. The Hall–Kier alpha value is -1.30. The van der Waals surface area contributed by atoms with Crippen LogP contribution in [0.2, 0.25) is 0 Å². The first-order valence-electron chi connectivity index (χ1n) is 4.17. The van der Waals surface area contributed by atoms with Crippen molar-refractivity contribution >= 4 is 0 Å². The largest absolute Gasteiger partial charge is 0.454 e. The molecule has 14 heavy (non-hydrogen) atoms. The monoisotopic (exact) mass is 197 g/mol. The van der Waals surface area contributed by atoms with E-state index in [0.29, 0.717) is 17.1 Å². The molecule has 0 amide bonds. The second-order valence-corrected chi connectivity index (χ2v) is 3.24. The number of nitrogens with two attached hydrogens (primary N) is 1. The lowest BCUT2D eigenvalue weighted by molar-refractivity contribution is -0.153. The summed E-state index contributed by atoms with van der Waals surface area (Å²) in [5, 5.41) is 18.0. The summed E-state index contributed by atoms with van der Waals surface area (Å²) in [6.07, 6.45) is -0.0519. The zero-order valence-corrected chi connectivity index (χ0v) is 7.43. The van der Waals surface area contributed by atoms with Gasteiger partial charge >= 0.3 is 0 Å². The van der Waals surface area contributed by atoms with Gasteiger partial charge in [0.2, 0.25) is 12.7 Å². The van der Waals surface area contributed by atoms with Gasteiger partial charge in [-0.1, -0.05) is 6.07 Å². The molecule has 5 heteroatoms. The van der Waals surface area contributed by atoms with Gasteiger partial charge in [0.25, 0.3) is 0 Å². The predicted octanol–water partition coefficient (Wildman–Crippen LogP) is -0.445. The summed E-state index contributed by atoms with van der Waals surface area (Å²) >= 11 is 0. The molecule has 5 nitrogen and oxygen atoms in total. The number of ether oxygens (including phenoxy) is 2. The average Bonchev–Trinajstić information content (AvgIpc) is 2.47. The fraction of sp³-hybridized carbons (Fsp3) is 0.333. The van der Waals surface area contributed by atoms with Gasteiger partial charge in [0.1, 0.15) is 0 Å². The molecule has 2 rings (SSSR count). The first-order chi connectivity index (χ1) is 6.54. The summed E-state index contributed by atoms with van der Waals surface area (Å²) in [7, 11) is 0. The number of benzene rings is 1. The van der Waals surface area contributed by atoms with E-state index in [1.807, 2.05) is 0 Å². The number of hydrogen-bond donors (Lipinski definition) is 3. The van der Waals surface area contributed by atoms with Gasteiger partial charge in [-0.05, 0) is 17.7 Å². The van der Waals surface area contributed by atoms with Crippen LogP contribution in [0, 0.1) is 0 Å². The second-order valence-electron chi connectivity index (χ2n) is 3.24. The minimum atomic E-state index is -2.19. The molecule has 1 aliphatic rings. The first-order valence-corrected chi connectivity index (χ1v) is 4.17. The Balaban J connectivity index is 2.21. The molecule has 0 bridgehead atoms. The maximum Gasteiger partial charge on any atom is 0.231 e. The maximum atomic E-state index is 8.98. The van der Waals surface area contributed by atoms with Gasteiger partial charge in [-0.3, -0.25) is 5.73 Å². The Morgan fingerprint density at radius 1 is 1.29 bits per heavy atom. The molecule has 0 radical (unpaired) electrons. The average molecular weight is 197 g/mol. The zero-order chi connectivity index (χ0) is 10.2. The normalized spacial score (nSPS) is 14.5. The lowest BCUT2D eigenvalue weighted by Gasteiger charge is -2.15. The highest BCUT2D eigenvalue weighted by Crippen LogP contribution is 2.32. The van der Waals surface area contributed by atoms with E-state index in [0.717, 1.165) is 0 Å². The molecule has 0 saturated carbocycles. The highest BCUT2D eigenvalue weighted by molar-refractivity contribution is 5.44. The molecule has 0 fully saturated rings. The van der Waals surface area contributed by atoms with Crippen molar-refractivity contribution in [3.8, 4) is 11.5 Å². The molecule has 0 aromatic heterocycles. The Bertz CT molecular complexity index is 345. The van der Waals surface area contributed by atoms with Crippen LogP contribution in [0.25, 0.3) is 0 Å². The highest BCUT2D eigenvalue weighted by Gasteiger charge is 2.19. The third-order valence-electron chi connectivity index (χ3n) is 1.90. The van der Waals surface area contributed by atoms with E-state index in [2.05, 4.69) is 0 Å². The van der Waals surface area contributed by atoms with Crippen molar-refractivity contribution in [3.05, 3.63) is 23.8 Å².